The molecule has 0 radical (unpaired) electrons. The Kier molecular flexibility index (Phi) is 6.91. The zero-order valence-electron chi connectivity index (χ0n) is 14.1. The minimum atomic E-state index is 0.0968. The molecule has 0 unspecified atom stereocenters. The first kappa shape index (κ1) is 17.7. The van der Waals surface area contributed by atoms with Gasteiger partial charge in [0.1, 0.15) is 0 Å². The number of allylic oxidation sites excluding steroid dienone is 8. The van der Waals surface area contributed by atoms with Crippen LogP contribution in [0.2, 0.25) is 0 Å². The second kappa shape index (κ2) is 8.19. The Morgan fingerprint density at radius 2 is 2.05 bits per heavy atom. The van der Waals surface area contributed by atoms with Crippen LogP contribution in [0.25, 0.3) is 0 Å². The van der Waals surface area contributed by atoms with Crippen LogP contribution in [0.1, 0.15) is 53.4 Å². The largest absolute Gasteiger partial charge is 0.392 e. The highest BCUT2D eigenvalue weighted by Crippen LogP contribution is 2.40. The quantitative estimate of drug-likeness (QED) is 0.638. The molecule has 0 atom stereocenters. The lowest BCUT2D eigenvalue weighted by Crippen LogP contribution is -2.19. The van der Waals surface area contributed by atoms with Gasteiger partial charge in [-0.1, -0.05) is 67.5 Å². The SMILES string of the molecule is C=C(/C=C/C1=C(C)CCCC1(C)C)C/C=C/C(C)=C/CO. The lowest BCUT2D eigenvalue weighted by atomic mass is 9.72. The number of hydrogen-bond donors (Lipinski definition) is 1. The van der Waals surface area contributed by atoms with Gasteiger partial charge in [0, 0.05) is 0 Å². The molecule has 1 nitrogen and oxygen atoms in total. The van der Waals surface area contributed by atoms with Crippen LogP contribution in [0.3, 0.4) is 0 Å². The van der Waals surface area contributed by atoms with Gasteiger partial charge in [0.25, 0.3) is 0 Å². The van der Waals surface area contributed by atoms with Crippen LogP contribution in [-0.4, -0.2) is 11.7 Å². The van der Waals surface area contributed by atoms with Gasteiger partial charge in [0.15, 0.2) is 0 Å². The standard InChI is InChI=1S/C20H30O/c1-16(8-6-9-17(2)13-15-21)11-12-19-18(3)10-7-14-20(19,4)5/h6,9,11-13,21H,1,7-8,10,14-15H2,2-5H3/b9-6+,12-11+,17-13+. The summed E-state index contributed by atoms with van der Waals surface area (Å²) in [6.45, 7) is 13.1. The second-order valence-electron chi connectivity index (χ2n) is 6.66. The van der Waals surface area contributed by atoms with Crippen molar-refractivity contribution < 1.29 is 5.11 Å². The lowest BCUT2D eigenvalue weighted by Gasteiger charge is -2.33. The minimum absolute atomic E-state index is 0.0968. The molecule has 0 amide bonds. The summed E-state index contributed by atoms with van der Waals surface area (Å²) in [5.74, 6) is 0. The van der Waals surface area contributed by atoms with E-state index in [1.165, 1.54) is 30.4 Å². The van der Waals surface area contributed by atoms with E-state index < -0.39 is 0 Å². The van der Waals surface area contributed by atoms with Crippen LogP contribution in [-0.2, 0) is 0 Å². The molecule has 1 N–H and O–H groups in total. The second-order valence-corrected chi connectivity index (χ2v) is 6.66. The molecule has 116 valence electrons. The predicted octanol–water partition coefficient (Wildman–Crippen LogP) is 5.51. The first-order valence-electron chi connectivity index (χ1n) is 7.87. The Morgan fingerprint density at radius 1 is 1.33 bits per heavy atom. The zero-order chi connectivity index (χ0) is 15.9. The molecule has 1 heteroatoms. The van der Waals surface area contributed by atoms with E-state index in [1.807, 2.05) is 13.0 Å². The Morgan fingerprint density at radius 3 is 2.67 bits per heavy atom. The average molecular weight is 286 g/mol. The fourth-order valence-electron chi connectivity index (χ4n) is 2.89. The Bertz CT molecular complexity index is 484. The molecule has 0 fully saturated rings. The number of rotatable bonds is 6. The summed E-state index contributed by atoms with van der Waals surface area (Å²) in [4.78, 5) is 0. The molecular weight excluding hydrogens is 256 g/mol. The number of aliphatic hydroxyl groups excluding tert-OH is 1. The van der Waals surface area contributed by atoms with Crippen molar-refractivity contribution in [3.8, 4) is 0 Å². The Hall–Kier alpha value is -1.34. The van der Waals surface area contributed by atoms with Gasteiger partial charge in [0.2, 0.25) is 0 Å². The van der Waals surface area contributed by atoms with Crippen molar-refractivity contribution >= 4 is 0 Å². The average Bonchev–Trinajstić information content (AvgIpc) is 2.37. The molecule has 0 aromatic heterocycles. The Labute approximate surface area is 130 Å². The molecule has 21 heavy (non-hydrogen) atoms. The maximum absolute atomic E-state index is 8.80. The molecule has 0 saturated heterocycles. The van der Waals surface area contributed by atoms with Crippen molar-refractivity contribution in [1.29, 1.82) is 0 Å². The highest BCUT2D eigenvalue weighted by molar-refractivity contribution is 5.36. The zero-order valence-corrected chi connectivity index (χ0v) is 14.1. The monoisotopic (exact) mass is 286 g/mol. The molecule has 0 heterocycles. The molecule has 0 spiro atoms. The van der Waals surface area contributed by atoms with E-state index in [-0.39, 0.29) is 12.0 Å². The van der Waals surface area contributed by atoms with Crippen LogP contribution in [0, 0.1) is 5.41 Å². The lowest BCUT2D eigenvalue weighted by molar-refractivity contribution is 0.342. The highest BCUT2D eigenvalue weighted by atomic mass is 16.2. The fourth-order valence-corrected chi connectivity index (χ4v) is 2.89. The van der Waals surface area contributed by atoms with Crippen LogP contribution >= 0.6 is 0 Å². The number of aliphatic hydroxyl groups is 1. The molecule has 0 aliphatic heterocycles. The molecule has 1 rings (SSSR count). The summed E-state index contributed by atoms with van der Waals surface area (Å²) in [5, 5.41) is 8.80. The first-order valence-corrected chi connectivity index (χ1v) is 7.87. The summed E-state index contributed by atoms with van der Waals surface area (Å²) in [6, 6.07) is 0. The van der Waals surface area contributed by atoms with Crippen molar-refractivity contribution in [1.82, 2.24) is 0 Å². The van der Waals surface area contributed by atoms with Crippen molar-refractivity contribution in [2.45, 2.75) is 53.4 Å². The Balaban J connectivity index is 2.64. The summed E-state index contributed by atoms with van der Waals surface area (Å²) in [5.41, 5.74) is 5.49. The third-order valence-electron chi connectivity index (χ3n) is 4.20. The van der Waals surface area contributed by atoms with E-state index in [0.717, 1.165) is 17.6 Å². The van der Waals surface area contributed by atoms with Crippen molar-refractivity contribution in [2.75, 3.05) is 6.61 Å². The molecule has 1 aliphatic rings. The molecular formula is C20H30O. The van der Waals surface area contributed by atoms with Crippen LogP contribution in [0.4, 0.5) is 0 Å². The topological polar surface area (TPSA) is 20.2 Å². The van der Waals surface area contributed by atoms with E-state index in [9.17, 15) is 0 Å². The molecule has 0 aromatic carbocycles. The van der Waals surface area contributed by atoms with Crippen LogP contribution in [0.5, 0.6) is 0 Å². The van der Waals surface area contributed by atoms with Gasteiger partial charge in [-0.15, -0.1) is 0 Å². The van der Waals surface area contributed by atoms with E-state index in [4.69, 9.17) is 5.11 Å². The molecule has 0 aromatic rings. The third-order valence-corrected chi connectivity index (χ3v) is 4.20. The minimum Gasteiger partial charge on any atom is -0.392 e. The van der Waals surface area contributed by atoms with E-state index in [2.05, 4.69) is 45.6 Å². The predicted molar refractivity (Wildman–Crippen MR) is 93.2 cm³/mol. The van der Waals surface area contributed by atoms with Gasteiger partial charge in [0.05, 0.1) is 6.61 Å². The maximum atomic E-state index is 8.80. The first-order chi connectivity index (χ1) is 9.86. The molecule has 0 saturated carbocycles. The van der Waals surface area contributed by atoms with Gasteiger partial charge in [-0.05, 0) is 50.5 Å². The van der Waals surface area contributed by atoms with Crippen LogP contribution in [0.15, 0.2) is 59.3 Å². The summed E-state index contributed by atoms with van der Waals surface area (Å²) in [6.07, 6.45) is 15.0. The van der Waals surface area contributed by atoms with Gasteiger partial charge in [-0.3, -0.25) is 0 Å². The van der Waals surface area contributed by atoms with Gasteiger partial charge < -0.3 is 5.11 Å². The summed E-state index contributed by atoms with van der Waals surface area (Å²) >= 11 is 0. The van der Waals surface area contributed by atoms with E-state index in [1.54, 1.807) is 6.08 Å². The van der Waals surface area contributed by atoms with E-state index >= 15 is 0 Å². The van der Waals surface area contributed by atoms with Gasteiger partial charge in [-0.2, -0.15) is 0 Å². The number of hydrogen-bond acceptors (Lipinski definition) is 1. The summed E-state index contributed by atoms with van der Waals surface area (Å²) in [7, 11) is 0. The van der Waals surface area contributed by atoms with Gasteiger partial charge >= 0.3 is 0 Å². The van der Waals surface area contributed by atoms with Gasteiger partial charge in [-0.25, -0.2) is 0 Å². The fraction of sp³-hybridized carbons (Fsp3) is 0.500. The highest BCUT2D eigenvalue weighted by Gasteiger charge is 2.26. The maximum Gasteiger partial charge on any atom is 0.0617 e. The molecule has 1 aliphatic carbocycles. The van der Waals surface area contributed by atoms with Crippen molar-refractivity contribution in [3.63, 3.8) is 0 Å². The summed E-state index contributed by atoms with van der Waals surface area (Å²) < 4.78 is 0. The van der Waals surface area contributed by atoms with E-state index in [0.29, 0.717) is 0 Å². The molecule has 0 bridgehead atoms. The normalized spacial score (nSPS) is 19.8. The smallest absolute Gasteiger partial charge is 0.0617 e. The van der Waals surface area contributed by atoms with Crippen molar-refractivity contribution in [3.05, 3.63) is 59.3 Å². The van der Waals surface area contributed by atoms with Crippen LogP contribution < -0.4 is 0 Å². The van der Waals surface area contributed by atoms with Crippen molar-refractivity contribution in [2.24, 2.45) is 5.41 Å². The third kappa shape index (κ3) is 5.89.